The van der Waals surface area contributed by atoms with Gasteiger partial charge in [-0.15, -0.1) is 5.10 Å². The largest absolute Gasteiger partial charge is 0.489 e. The van der Waals surface area contributed by atoms with Crippen LogP contribution < -0.4 is 15.0 Å². The molecule has 2 amide bonds. The van der Waals surface area contributed by atoms with Gasteiger partial charge >= 0.3 is 0 Å². The van der Waals surface area contributed by atoms with Crippen LogP contribution in [0.15, 0.2) is 48.5 Å². The number of carbonyl (C=O) groups excluding carboxylic acids is 2. The van der Waals surface area contributed by atoms with E-state index >= 15 is 0 Å². The predicted octanol–water partition coefficient (Wildman–Crippen LogP) is 1.82. The van der Waals surface area contributed by atoms with Gasteiger partial charge in [-0.05, 0) is 43.0 Å². The summed E-state index contributed by atoms with van der Waals surface area (Å²) in [6, 6.07) is 14.1. The number of rotatable bonds is 4. The van der Waals surface area contributed by atoms with Gasteiger partial charge in [0.15, 0.2) is 0 Å². The highest BCUT2D eigenvalue weighted by atomic mass is 16.5. The van der Waals surface area contributed by atoms with Crippen LogP contribution in [0.3, 0.4) is 0 Å². The number of amides is 2. The predicted molar refractivity (Wildman–Crippen MR) is 128 cm³/mol. The molecule has 9 nitrogen and oxygen atoms in total. The first-order valence-electron chi connectivity index (χ1n) is 11.5. The van der Waals surface area contributed by atoms with E-state index in [0.29, 0.717) is 42.1 Å². The molecule has 0 saturated heterocycles. The van der Waals surface area contributed by atoms with Gasteiger partial charge in [0.1, 0.15) is 29.8 Å². The highest BCUT2D eigenvalue weighted by Gasteiger charge is 2.33. The lowest BCUT2D eigenvalue weighted by Crippen LogP contribution is -2.49. The monoisotopic (exact) mass is 471 g/mol. The fraction of sp³-hybridized carbons (Fsp3) is 0.308. The summed E-state index contributed by atoms with van der Waals surface area (Å²) < 4.78 is 5.83. The number of carbonyl (C=O) groups is 2. The molecule has 178 valence electrons. The van der Waals surface area contributed by atoms with Crippen molar-refractivity contribution < 1.29 is 19.4 Å². The van der Waals surface area contributed by atoms with Crippen molar-refractivity contribution in [2.75, 3.05) is 18.6 Å². The second kappa shape index (κ2) is 9.24. The summed E-state index contributed by atoms with van der Waals surface area (Å²) in [7, 11) is 1.62. The lowest BCUT2D eigenvalue weighted by atomic mass is 9.81. The van der Waals surface area contributed by atoms with Crippen molar-refractivity contribution in [3.05, 3.63) is 71.3 Å². The van der Waals surface area contributed by atoms with Crippen LogP contribution in [0, 0.1) is 11.8 Å². The number of nitrogens with one attached hydrogen (secondary N) is 2. The number of nitrogens with zero attached hydrogens (tertiary/aromatic N) is 3. The van der Waals surface area contributed by atoms with E-state index in [2.05, 4.69) is 32.3 Å². The van der Waals surface area contributed by atoms with Crippen LogP contribution in [0.5, 0.6) is 5.75 Å². The first kappa shape index (κ1) is 22.6. The standard InChI is InChI=1S/C26H25N5O4/c1-31-20-14-18(10-13-26(34)11-5-12-26)8-9-21(20)35-16-19(25(31)33)27-24(32)23-28-22(29-30-23)15-17-6-3-2-4-7-17/h2-4,6-9,14,19,34H,5,11-12,15-16H2,1H3,(H,27,32)(H,28,29,30). The molecule has 35 heavy (non-hydrogen) atoms. The number of benzene rings is 2. The smallest absolute Gasteiger partial charge is 0.291 e. The summed E-state index contributed by atoms with van der Waals surface area (Å²) in [5.74, 6) is 6.03. The van der Waals surface area contributed by atoms with Crippen molar-refractivity contribution in [3.8, 4) is 17.6 Å². The first-order chi connectivity index (χ1) is 16.9. The highest BCUT2D eigenvalue weighted by molar-refractivity contribution is 6.02. The molecule has 1 atom stereocenters. The number of fused-ring (bicyclic) bond motifs is 1. The van der Waals surface area contributed by atoms with E-state index in [9.17, 15) is 14.7 Å². The van der Waals surface area contributed by atoms with Gasteiger partial charge in [-0.2, -0.15) is 0 Å². The van der Waals surface area contributed by atoms with Crippen LogP contribution in [0.2, 0.25) is 0 Å². The molecule has 2 aromatic carbocycles. The Kier molecular flexibility index (Phi) is 5.97. The van der Waals surface area contributed by atoms with E-state index in [1.807, 2.05) is 30.3 Å². The number of hydrogen-bond acceptors (Lipinski definition) is 6. The molecule has 0 radical (unpaired) electrons. The van der Waals surface area contributed by atoms with Gasteiger partial charge in [-0.1, -0.05) is 42.2 Å². The summed E-state index contributed by atoms with van der Waals surface area (Å²) in [6.07, 6.45) is 2.82. The lowest BCUT2D eigenvalue weighted by Gasteiger charge is -2.30. The van der Waals surface area contributed by atoms with Gasteiger partial charge in [0.2, 0.25) is 5.82 Å². The molecule has 1 unspecified atom stereocenters. The number of aromatic nitrogens is 3. The zero-order valence-corrected chi connectivity index (χ0v) is 19.2. The summed E-state index contributed by atoms with van der Waals surface area (Å²) in [5, 5.41) is 19.7. The molecule has 3 N–H and O–H groups in total. The molecule has 1 saturated carbocycles. The van der Waals surface area contributed by atoms with Crippen molar-refractivity contribution in [2.45, 2.75) is 37.3 Å². The van der Waals surface area contributed by atoms with Gasteiger partial charge in [0, 0.05) is 19.0 Å². The molecule has 1 aliphatic carbocycles. The van der Waals surface area contributed by atoms with Crippen molar-refractivity contribution in [3.63, 3.8) is 0 Å². The Morgan fingerprint density at radius 1 is 1.29 bits per heavy atom. The Labute approximate surface area is 202 Å². The molecular formula is C26H25N5O4. The van der Waals surface area contributed by atoms with Crippen LogP contribution in [0.4, 0.5) is 5.69 Å². The minimum absolute atomic E-state index is 0.0337. The summed E-state index contributed by atoms with van der Waals surface area (Å²) in [6.45, 7) is -0.0337. The summed E-state index contributed by atoms with van der Waals surface area (Å²) in [5.41, 5.74) is 1.33. The van der Waals surface area contributed by atoms with Crippen molar-refractivity contribution >= 4 is 17.5 Å². The van der Waals surface area contributed by atoms with Crippen LogP contribution in [-0.2, 0) is 11.2 Å². The Bertz CT molecular complexity index is 1320. The lowest BCUT2D eigenvalue weighted by molar-refractivity contribution is -0.120. The molecule has 1 fully saturated rings. The molecule has 1 aliphatic heterocycles. The molecule has 1 aromatic heterocycles. The van der Waals surface area contributed by atoms with Crippen molar-refractivity contribution in [1.82, 2.24) is 20.5 Å². The number of aliphatic hydroxyl groups is 1. The summed E-state index contributed by atoms with van der Waals surface area (Å²) >= 11 is 0. The fourth-order valence-electron chi connectivity index (χ4n) is 3.99. The van der Waals surface area contributed by atoms with E-state index in [0.717, 1.165) is 12.0 Å². The molecular weight excluding hydrogens is 446 g/mol. The zero-order chi connectivity index (χ0) is 24.4. The van der Waals surface area contributed by atoms with Crippen LogP contribution in [-0.4, -0.2) is 57.4 Å². The Hall–Kier alpha value is -4.16. The minimum Gasteiger partial charge on any atom is -0.489 e. The molecule has 9 heteroatoms. The SMILES string of the molecule is CN1C(=O)C(NC(=O)c2n[nH]c(Cc3ccccc3)n2)COc2ccc(C#CC3(O)CCC3)cc21. The van der Waals surface area contributed by atoms with E-state index in [4.69, 9.17) is 4.74 Å². The second-order valence-corrected chi connectivity index (χ2v) is 8.82. The first-order valence-corrected chi connectivity index (χ1v) is 11.5. The van der Waals surface area contributed by atoms with Gasteiger partial charge in [0.25, 0.3) is 11.8 Å². The van der Waals surface area contributed by atoms with E-state index in [-0.39, 0.29) is 18.3 Å². The fourth-order valence-corrected chi connectivity index (χ4v) is 3.99. The Balaban J connectivity index is 1.27. The van der Waals surface area contributed by atoms with Crippen molar-refractivity contribution in [2.24, 2.45) is 0 Å². The average molecular weight is 472 g/mol. The third kappa shape index (κ3) is 4.88. The molecule has 2 heterocycles. The molecule has 0 bridgehead atoms. The topological polar surface area (TPSA) is 120 Å². The maximum absolute atomic E-state index is 13.1. The molecule has 5 rings (SSSR count). The number of anilines is 1. The number of ether oxygens (including phenoxy) is 1. The number of hydrogen-bond donors (Lipinski definition) is 3. The Morgan fingerprint density at radius 3 is 2.83 bits per heavy atom. The minimum atomic E-state index is -0.916. The van der Waals surface area contributed by atoms with Gasteiger partial charge in [-0.3, -0.25) is 14.7 Å². The quantitative estimate of drug-likeness (QED) is 0.499. The van der Waals surface area contributed by atoms with Gasteiger partial charge in [0.05, 0.1) is 5.69 Å². The number of H-pyrrole nitrogens is 1. The van der Waals surface area contributed by atoms with Crippen LogP contribution in [0.25, 0.3) is 0 Å². The molecule has 3 aromatic rings. The van der Waals surface area contributed by atoms with E-state index in [1.54, 1.807) is 25.2 Å². The maximum Gasteiger partial charge on any atom is 0.291 e. The highest BCUT2D eigenvalue weighted by Crippen LogP contribution is 2.33. The zero-order valence-electron chi connectivity index (χ0n) is 19.2. The average Bonchev–Trinajstić information content (AvgIpc) is 3.28. The van der Waals surface area contributed by atoms with E-state index < -0.39 is 17.6 Å². The third-order valence-corrected chi connectivity index (χ3v) is 6.23. The number of likely N-dealkylation sites (N-methyl/N-ethyl adjacent to an activating group) is 1. The van der Waals surface area contributed by atoms with Crippen molar-refractivity contribution in [1.29, 1.82) is 0 Å². The normalized spacial score (nSPS) is 18.3. The number of aromatic amines is 1. The third-order valence-electron chi connectivity index (χ3n) is 6.23. The second-order valence-electron chi connectivity index (χ2n) is 8.82. The maximum atomic E-state index is 13.1. The van der Waals surface area contributed by atoms with Crippen LogP contribution >= 0.6 is 0 Å². The van der Waals surface area contributed by atoms with Crippen LogP contribution in [0.1, 0.15) is 46.8 Å². The molecule has 0 spiro atoms. The van der Waals surface area contributed by atoms with Gasteiger partial charge in [-0.25, -0.2) is 4.98 Å². The summed E-state index contributed by atoms with van der Waals surface area (Å²) in [4.78, 5) is 31.6. The van der Waals surface area contributed by atoms with E-state index in [1.165, 1.54) is 4.90 Å². The Morgan fingerprint density at radius 2 is 2.09 bits per heavy atom. The molecule has 2 aliphatic rings. The van der Waals surface area contributed by atoms with Gasteiger partial charge < -0.3 is 20.1 Å².